The lowest BCUT2D eigenvalue weighted by Gasteiger charge is -2.35. The van der Waals surface area contributed by atoms with E-state index in [0.717, 1.165) is 37.4 Å². The number of likely N-dealkylation sites (tertiary alicyclic amines) is 1. The number of carboxylic acids is 1. The maximum Gasteiger partial charge on any atom is 0.490 e. The summed E-state index contributed by atoms with van der Waals surface area (Å²) < 4.78 is 42.7. The van der Waals surface area contributed by atoms with Gasteiger partial charge in [0.2, 0.25) is 5.91 Å². The highest BCUT2D eigenvalue weighted by atomic mass is 32.1. The average Bonchev–Trinajstić information content (AvgIpc) is 3.32. The second-order valence-corrected chi connectivity index (χ2v) is 7.56. The van der Waals surface area contributed by atoms with Crippen LogP contribution in [0, 0.1) is 0 Å². The Bertz CT molecular complexity index is 659. The number of nitrogens with zero attached hydrogens (tertiary/aromatic N) is 2. The second-order valence-electron chi connectivity index (χ2n) is 6.58. The Labute approximate surface area is 170 Å². The van der Waals surface area contributed by atoms with Crippen LogP contribution in [0.25, 0.3) is 0 Å². The highest BCUT2D eigenvalue weighted by Crippen LogP contribution is 2.32. The van der Waals surface area contributed by atoms with Crippen molar-refractivity contribution in [2.45, 2.75) is 50.2 Å². The molecule has 0 bridgehead atoms. The smallest absolute Gasteiger partial charge is 0.475 e. The number of rotatable bonds is 6. The molecule has 0 radical (unpaired) electrons. The number of aromatic nitrogens is 1. The fourth-order valence-corrected chi connectivity index (χ4v) is 3.94. The minimum absolute atomic E-state index is 0.00567. The van der Waals surface area contributed by atoms with Crippen molar-refractivity contribution in [2.24, 2.45) is 0 Å². The summed E-state index contributed by atoms with van der Waals surface area (Å²) in [7, 11) is 1.63. The topological polar surface area (TPSA) is 101 Å². The molecule has 3 atom stereocenters. The number of hydrogen-bond acceptors (Lipinski definition) is 7. The van der Waals surface area contributed by atoms with Crippen molar-refractivity contribution in [1.29, 1.82) is 0 Å². The van der Waals surface area contributed by atoms with Gasteiger partial charge in [-0.3, -0.25) is 9.69 Å². The van der Waals surface area contributed by atoms with Gasteiger partial charge in [0, 0.05) is 37.8 Å². The van der Waals surface area contributed by atoms with E-state index in [-0.39, 0.29) is 18.1 Å². The zero-order valence-corrected chi connectivity index (χ0v) is 16.7. The summed E-state index contributed by atoms with van der Waals surface area (Å²) in [5, 5.41) is 13.2. The van der Waals surface area contributed by atoms with Crippen molar-refractivity contribution >= 4 is 23.2 Å². The number of methoxy groups -OCH3 is 1. The molecule has 0 spiro atoms. The van der Waals surface area contributed by atoms with Gasteiger partial charge in [-0.05, 0) is 19.3 Å². The molecule has 1 aromatic rings. The molecule has 29 heavy (non-hydrogen) atoms. The van der Waals surface area contributed by atoms with Gasteiger partial charge in [-0.25, -0.2) is 9.78 Å². The van der Waals surface area contributed by atoms with Crippen LogP contribution in [0.2, 0.25) is 0 Å². The highest BCUT2D eigenvalue weighted by Gasteiger charge is 2.41. The molecule has 164 valence electrons. The normalized spacial score (nSPS) is 24.3. The molecule has 1 amide bonds. The molecule has 8 nitrogen and oxygen atoms in total. The van der Waals surface area contributed by atoms with E-state index in [2.05, 4.69) is 15.2 Å². The van der Waals surface area contributed by atoms with E-state index in [1.807, 2.05) is 11.6 Å². The third kappa shape index (κ3) is 7.21. The van der Waals surface area contributed by atoms with E-state index in [9.17, 15) is 18.0 Å². The van der Waals surface area contributed by atoms with Crippen LogP contribution >= 0.6 is 11.3 Å². The fourth-order valence-electron chi connectivity index (χ4n) is 3.30. The van der Waals surface area contributed by atoms with Crippen LogP contribution in [0.5, 0.6) is 0 Å². The maximum atomic E-state index is 12.1. The predicted molar refractivity (Wildman–Crippen MR) is 97.4 cm³/mol. The number of fused-ring (bicyclic) bond motifs is 1. The Morgan fingerprint density at radius 3 is 2.72 bits per heavy atom. The minimum Gasteiger partial charge on any atom is -0.475 e. The Kier molecular flexibility index (Phi) is 8.80. The van der Waals surface area contributed by atoms with Gasteiger partial charge in [-0.15, -0.1) is 11.3 Å². The molecule has 0 aliphatic carbocycles. The van der Waals surface area contributed by atoms with Crippen molar-refractivity contribution < 1.29 is 37.3 Å². The Balaban J connectivity index is 0.000000370. The number of ether oxygens (including phenoxy) is 2. The van der Waals surface area contributed by atoms with Gasteiger partial charge >= 0.3 is 12.1 Å². The lowest BCUT2D eigenvalue weighted by Crippen LogP contribution is -2.48. The van der Waals surface area contributed by atoms with Gasteiger partial charge in [-0.2, -0.15) is 13.2 Å². The van der Waals surface area contributed by atoms with Crippen LogP contribution in [0.1, 0.15) is 24.3 Å². The lowest BCUT2D eigenvalue weighted by molar-refractivity contribution is -0.192. The van der Waals surface area contributed by atoms with Crippen LogP contribution in [0.3, 0.4) is 0 Å². The number of thiazole rings is 1. The van der Waals surface area contributed by atoms with Gasteiger partial charge in [-0.1, -0.05) is 0 Å². The van der Waals surface area contributed by atoms with Crippen LogP contribution < -0.4 is 5.32 Å². The number of alkyl halides is 3. The molecular formula is C17H24F3N3O5S. The first-order valence-electron chi connectivity index (χ1n) is 9.07. The van der Waals surface area contributed by atoms with E-state index in [1.54, 1.807) is 18.4 Å². The van der Waals surface area contributed by atoms with Crippen LogP contribution in [0.15, 0.2) is 11.6 Å². The molecular weight excluding hydrogens is 415 g/mol. The Morgan fingerprint density at radius 2 is 2.14 bits per heavy atom. The van der Waals surface area contributed by atoms with Gasteiger partial charge < -0.3 is 19.9 Å². The molecule has 2 aliphatic rings. The molecule has 2 N–H and O–H groups in total. The molecule has 3 heterocycles. The zero-order chi connectivity index (χ0) is 21.4. The molecule has 2 fully saturated rings. The third-order valence-electron chi connectivity index (χ3n) is 4.62. The maximum absolute atomic E-state index is 12.1. The number of carbonyl (C=O) groups excluding carboxylic acids is 1. The van der Waals surface area contributed by atoms with Crippen molar-refractivity contribution in [1.82, 2.24) is 15.2 Å². The van der Waals surface area contributed by atoms with Crippen molar-refractivity contribution in [3.63, 3.8) is 0 Å². The third-order valence-corrected chi connectivity index (χ3v) is 5.39. The molecule has 2 aliphatic heterocycles. The molecule has 1 aromatic heterocycles. The molecule has 2 saturated heterocycles. The Hall–Kier alpha value is -1.76. The number of hydrogen-bond donors (Lipinski definition) is 2. The average molecular weight is 439 g/mol. The quantitative estimate of drug-likeness (QED) is 0.650. The summed E-state index contributed by atoms with van der Waals surface area (Å²) in [5.74, 6) is -2.76. The standard InChI is InChI=1S/C15H23N3O3S.C2HF3O2/c1-20-8-5-17-15(19)13-3-2-11-12(21-13)4-7-18(11)10-14-16-6-9-22-14;3-2(4,5)1(6)7/h6,9,11-13H,2-5,7-8,10H2,1H3,(H,17,19);(H,6,7)/t11-,12-,13-;/m1./s1. The van der Waals surface area contributed by atoms with Crippen molar-refractivity contribution in [3.05, 3.63) is 16.6 Å². The van der Waals surface area contributed by atoms with E-state index in [1.165, 1.54) is 0 Å². The summed E-state index contributed by atoms with van der Waals surface area (Å²) in [4.78, 5) is 27.8. The number of carboxylic acid groups (broad SMARTS) is 1. The second kappa shape index (κ2) is 10.9. The number of carbonyl (C=O) groups is 2. The van der Waals surface area contributed by atoms with Gasteiger partial charge in [0.25, 0.3) is 0 Å². The summed E-state index contributed by atoms with van der Waals surface area (Å²) in [6, 6.07) is 0.423. The molecule has 12 heteroatoms. The number of nitrogens with one attached hydrogen (secondary N) is 1. The SMILES string of the molecule is COCCNC(=O)[C@H]1CC[C@@H]2[C@@H](CCN2Cc2nccs2)O1.O=C(O)C(F)(F)F. The fraction of sp³-hybridized carbons (Fsp3) is 0.706. The van der Waals surface area contributed by atoms with E-state index >= 15 is 0 Å². The van der Waals surface area contributed by atoms with Gasteiger partial charge in [0.05, 0.1) is 19.3 Å². The van der Waals surface area contributed by atoms with Crippen LogP contribution in [0.4, 0.5) is 13.2 Å². The highest BCUT2D eigenvalue weighted by molar-refractivity contribution is 7.09. The molecule has 0 aromatic carbocycles. The first kappa shape index (κ1) is 23.5. The summed E-state index contributed by atoms with van der Waals surface area (Å²) in [6.45, 7) is 2.99. The minimum atomic E-state index is -5.08. The molecule has 0 unspecified atom stereocenters. The monoisotopic (exact) mass is 439 g/mol. The van der Waals surface area contributed by atoms with Gasteiger partial charge in [0.15, 0.2) is 0 Å². The largest absolute Gasteiger partial charge is 0.490 e. The molecule has 0 saturated carbocycles. The first-order valence-corrected chi connectivity index (χ1v) is 9.95. The van der Waals surface area contributed by atoms with E-state index in [0.29, 0.717) is 19.2 Å². The number of aliphatic carboxylic acids is 1. The van der Waals surface area contributed by atoms with Gasteiger partial charge in [0.1, 0.15) is 11.1 Å². The van der Waals surface area contributed by atoms with Crippen molar-refractivity contribution in [2.75, 3.05) is 26.8 Å². The van der Waals surface area contributed by atoms with Crippen LogP contribution in [-0.4, -0.2) is 78.1 Å². The summed E-state index contributed by atoms with van der Waals surface area (Å²) in [6.07, 6.45) is -0.569. The zero-order valence-electron chi connectivity index (χ0n) is 15.9. The first-order chi connectivity index (χ1) is 13.7. The predicted octanol–water partition coefficient (Wildman–Crippen LogP) is 1.66. The number of halogens is 3. The summed E-state index contributed by atoms with van der Waals surface area (Å²) >= 11 is 1.70. The van der Waals surface area contributed by atoms with Crippen molar-refractivity contribution in [3.8, 4) is 0 Å². The lowest BCUT2D eigenvalue weighted by atomic mass is 9.98. The van der Waals surface area contributed by atoms with Crippen LogP contribution in [-0.2, 0) is 25.6 Å². The van der Waals surface area contributed by atoms with E-state index in [4.69, 9.17) is 19.4 Å². The molecule has 3 rings (SSSR count). The van der Waals surface area contributed by atoms with E-state index < -0.39 is 12.1 Å². The number of amides is 1. The Morgan fingerprint density at radius 1 is 1.41 bits per heavy atom. The summed E-state index contributed by atoms with van der Waals surface area (Å²) in [5.41, 5.74) is 0.